The zero-order valence-corrected chi connectivity index (χ0v) is 18.8. The van der Waals surface area contributed by atoms with Crippen molar-refractivity contribution in [1.82, 2.24) is 10.2 Å². The molecular formula is C20H23BrN2O5S. The van der Waals surface area contributed by atoms with Gasteiger partial charge in [-0.2, -0.15) is 0 Å². The highest BCUT2D eigenvalue weighted by Gasteiger charge is 2.56. The summed E-state index contributed by atoms with van der Waals surface area (Å²) in [5.41, 5.74) is 0.0938. The summed E-state index contributed by atoms with van der Waals surface area (Å²) in [6.07, 6.45) is 0. The van der Waals surface area contributed by atoms with Gasteiger partial charge in [-0.1, -0.05) is 34.1 Å². The Bertz CT molecular complexity index is 824. The largest absolute Gasteiger partial charge is 0.484 e. The Morgan fingerprint density at radius 3 is 2.55 bits per heavy atom. The number of nitrogens with one attached hydrogen (secondary N) is 1. The molecule has 1 saturated heterocycles. The first kappa shape index (κ1) is 21.7. The molecule has 3 atom stereocenters. The maximum absolute atomic E-state index is 12.8. The third-order valence-electron chi connectivity index (χ3n) is 4.28. The molecule has 9 heteroatoms. The number of fused-ring (bicyclic) bond motifs is 1. The van der Waals surface area contributed by atoms with E-state index >= 15 is 0 Å². The van der Waals surface area contributed by atoms with Crippen molar-refractivity contribution in [3.05, 3.63) is 41.3 Å². The van der Waals surface area contributed by atoms with Gasteiger partial charge in [-0.3, -0.25) is 9.59 Å². The van der Waals surface area contributed by atoms with Gasteiger partial charge in [0.25, 0.3) is 5.91 Å². The fourth-order valence-electron chi connectivity index (χ4n) is 3.05. The standard InChI is InChI=1S/C20H23BrN2O5S/c1-20(2,3)28-19(26)16-12(9-21)11-29-18-15(17(25)23(16)18)22-14(24)10-27-13-7-5-4-6-8-13/h4-8,11,15-16,18H,9-10H2,1-3H3,(H,22,24)/t15?,16?,18-/m0/s1. The van der Waals surface area contributed by atoms with Crippen molar-refractivity contribution in [3.63, 3.8) is 0 Å². The summed E-state index contributed by atoms with van der Waals surface area (Å²) in [6.45, 7) is 5.16. The zero-order valence-electron chi connectivity index (χ0n) is 16.4. The lowest BCUT2D eigenvalue weighted by atomic mass is 9.98. The number of β-lactam (4-membered cyclic amide) rings is 1. The average molecular weight is 483 g/mol. The number of hydrogen-bond acceptors (Lipinski definition) is 6. The molecule has 0 spiro atoms. The van der Waals surface area contributed by atoms with Crippen LogP contribution in [-0.2, 0) is 19.1 Å². The molecule has 7 nitrogen and oxygen atoms in total. The zero-order chi connectivity index (χ0) is 21.2. The lowest BCUT2D eigenvalue weighted by Crippen LogP contribution is -2.74. The maximum atomic E-state index is 12.8. The van der Waals surface area contributed by atoms with Gasteiger partial charge in [0.1, 0.15) is 22.8 Å². The first-order valence-electron chi connectivity index (χ1n) is 9.14. The number of rotatable bonds is 6. The van der Waals surface area contributed by atoms with E-state index in [0.29, 0.717) is 11.1 Å². The summed E-state index contributed by atoms with van der Waals surface area (Å²) < 4.78 is 10.9. The molecule has 156 valence electrons. The highest BCUT2D eigenvalue weighted by Crippen LogP contribution is 2.41. The van der Waals surface area contributed by atoms with Crippen LogP contribution in [-0.4, -0.2) is 57.7 Å². The fraction of sp³-hybridized carbons (Fsp3) is 0.450. The normalized spacial score (nSPS) is 23.4. The van der Waals surface area contributed by atoms with E-state index in [2.05, 4.69) is 21.2 Å². The first-order chi connectivity index (χ1) is 13.7. The second-order valence-electron chi connectivity index (χ2n) is 7.68. The second kappa shape index (κ2) is 8.79. The van der Waals surface area contributed by atoms with E-state index in [-0.39, 0.29) is 17.9 Å². The molecule has 1 aromatic rings. The number of nitrogens with zero attached hydrogens (tertiary/aromatic N) is 1. The van der Waals surface area contributed by atoms with Gasteiger partial charge in [0.2, 0.25) is 5.91 Å². The van der Waals surface area contributed by atoms with Gasteiger partial charge in [-0.25, -0.2) is 4.79 Å². The highest BCUT2D eigenvalue weighted by molar-refractivity contribution is 9.09. The van der Waals surface area contributed by atoms with Gasteiger partial charge in [0.15, 0.2) is 12.6 Å². The molecule has 2 aliphatic rings. The molecule has 1 N–H and O–H groups in total. The first-order valence-corrected chi connectivity index (χ1v) is 11.2. The van der Waals surface area contributed by atoms with E-state index in [1.807, 2.05) is 23.6 Å². The number of para-hydroxylation sites is 1. The summed E-state index contributed by atoms with van der Waals surface area (Å²) in [6, 6.07) is 7.47. The SMILES string of the molecule is CC(C)(C)OC(=O)C1C(CBr)=CS[C@H]2C(NC(=O)COc3ccccc3)C(=O)N12. The topological polar surface area (TPSA) is 84.9 Å². The van der Waals surface area contributed by atoms with Gasteiger partial charge in [-0.05, 0) is 43.9 Å². The van der Waals surface area contributed by atoms with Gasteiger partial charge in [-0.15, -0.1) is 11.8 Å². The van der Waals surface area contributed by atoms with Crippen LogP contribution in [0.3, 0.4) is 0 Å². The highest BCUT2D eigenvalue weighted by atomic mass is 79.9. The number of carbonyl (C=O) groups excluding carboxylic acids is 3. The number of halogens is 1. The third kappa shape index (κ3) is 4.95. The second-order valence-corrected chi connectivity index (χ2v) is 9.23. The van der Waals surface area contributed by atoms with Crippen LogP contribution in [0.25, 0.3) is 0 Å². The molecule has 0 radical (unpaired) electrons. The molecule has 2 aliphatic heterocycles. The molecule has 0 bridgehead atoms. The Labute approximate surface area is 182 Å². The van der Waals surface area contributed by atoms with Crippen molar-refractivity contribution in [1.29, 1.82) is 0 Å². The number of hydrogen-bond donors (Lipinski definition) is 1. The van der Waals surface area contributed by atoms with E-state index in [4.69, 9.17) is 9.47 Å². The van der Waals surface area contributed by atoms with Gasteiger partial charge >= 0.3 is 5.97 Å². The van der Waals surface area contributed by atoms with E-state index < -0.39 is 29.6 Å². The summed E-state index contributed by atoms with van der Waals surface area (Å²) in [5, 5.41) is 4.65. The minimum absolute atomic E-state index is 0.191. The third-order valence-corrected chi connectivity index (χ3v) is 6.15. The van der Waals surface area contributed by atoms with Crippen molar-refractivity contribution >= 4 is 45.5 Å². The van der Waals surface area contributed by atoms with E-state index in [1.54, 1.807) is 32.9 Å². The maximum Gasteiger partial charge on any atom is 0.333 e. The lowest BCUT2D eigenvalue weighted by Gasteiger charge is -2.51. The number of alkyl halides is 1. The predicted octanol–water partition coefficient (Wildman–Crippen LogP) is 2.45. The number of carbonyl (C=O) groups is 3. The van der Waals surface area contributed by atoms with Crippen molar-refractivity contribution in [2.45, 2.75) is 43.8 Å². The molecule has 29 heavy (non-hydrogen) atoms. The molecule has 3 rings (SSSR count). The smallest absolute Gasteiger partial charge is 0.333 e. The van der Waals surface area contributed by atoms with Crippen LogP contribution in [0.2, 0.25) is 0 Å². The summed E-state index contributed by atoms with van der Waals surface area (Å²) >= 11 is 4.78. The molecule has 1 fully saturated rings. The van der Waals surface area contributed by atoms with E-state index in [0.717, 1.165) is 5.57 Å². The van der Waals surface area contributed by atoms with Crippen LogP contribution < -0.4 is 10.1 Å². The number of benzene rings is 1. The van der Waals surface area contributed by atoms with Gasteiger partial charge in [0, 0.05) is 5.33 Å². The van der Waals surface area contributed by atoms with Crippen molar-refractivity contribution in [3.8, 4) is 5.75 Å². The molecule has 0 saturated carbocycles. The minimum atomic E-state index is -0.791. The summed E-state index contributed by atoms with van der Waals surface area (Å²) in [4.78, 5) is 39.2. The van der Waals surface area contributed by atoms with Crippen LogP contribution in [0.1, 0.15) is 20.8 Å². The summed E-state index contributed by atoms with van der Waals surface area (Å²) in [5.74, 6) is -0.598. The van der Waals surface area contributed by atoms with Gasteiger partial charge in [0.05, 0.1) is 0 Å². The Kier molecular flexibility index (Phi) is 6.58. The minimum Gasteiger partial charge on any atom is -0.484 e. The molecule has 0 aliphatic carbocycles. The summed E-state index contributed by atoms with van der Waals surface area (Å²) in [7, 11) is 0. The molecule has 0 aromatic heterocycles. The fourth-order valence-corrected chi connectivity index (χ4v) is 4.95. The Balaban J connectivity index is 1.64. The number of ether oxygens (including phenoxy) is 2. The van der Waals surface area contributed by atoms with Crippen LogP contribution in [0.4, 0.5) is 0 Å². The average Bonchev–Trinajstić information content (AvgIpc) is 2.68. The quantitative estimate of drug-likeness (QED) is 0.380. The van der Waals surface area contributed by atoms with Gasteiger partial charge < -0.3 is 19.7 Å². The van der Waals surface area contributed by atoms with Crippen LogP contribution in [0.5, 0.6) is 5.75 Å². The van der Waals surface area contributed by atoms with Crippen molar-refractivity contribution in [2.24, 2.45) is 0 Å². The predicted molar refractivity (Wildman–Crippen MR) is 114 cm³/mol. The van der Waals surface area contributed by atoms with Crippen LogP contribution >= 0.6 is 27.7 Å². The Morgan fingerprint density at radius 2 is 1.93 bits per heavy atom. The molecular weight excluding hydrogens is 460 g/mol. The Morgan fingerprint density at radius 1 is 1.24 bits per heavy atom. The molecule has 1 aromatic carbocycles. The van der Waals surface area contributed by atoms with E-state index in [9.17, 15) is 14.4 Å². The molecule has 2 amide bonds. The number of amides is 2. The van der Waals surface area contributed by atoms with Crippen molar-refractivity contribution < 1.29 is 23.9 Å². The molecule has 2 heterocycles. The van der Waals surface area contributed by atoms with Crippen LogP contribution in [0, 0.1) is 0 Å². The monoisotopic (exact) mass is 482 g/mol. The number of esters is 1. The number of thioether (sulfide) groups is 1. The molecule has 2 unspecified atom stereocenters. The Hall–Kier alpha value is -2.00. The van der Waals surface area contributed by atoms with Crippen molar-refractivity contribution in [2.75, 3.05) is 11.9 Å². The van der Waals surface area contributed by atoms with Crippen LogP contribution in [0.15, 0.2) is 41.3 Å². The van der Waals surface area contributed by atoms with E-state index in [1.165, 1.54) is 16.7 Å². The lowest BCUT2D eigenvalue weighted by molar-refractivity contribution is -0.170.